The summed E-state index contributed by atoms with van der Waals surface area (Å²) >= 11 is 6.02. The molecule has 1 aromatic rings. The van der Waals surface area contributed by atoms with Crippen LogP contribution in [-0.2, 0) is 11.3 Å². The van der Waals surface area contributed by atoms with Gasteiger partial charge in [-0.2, -0.15) is 0 Å². The van der Waals surface area contributed by atoms with Crippen LogP contribution in [0.1, 0.15) is 38.2 Å². The summed E-state index contributed by atoms with van der Waals surface area (Å²) in [5.41, 5.74) is 1.37. The molecule has 0 atom stereocenters. The van der Waals surface area contributed by atoms with E-state index in [2.05, 4.69) is 17.6 Å². The van der Waals surface area contributed by atoms with Crippen LogP contribution in [-0.4, -0.2) is 39.9 Å². The van der Waals surface area contributed by atoms with Gasteiger partial charge in [-0.3, -0.25) is 0 Å². The largest absolute Gasteiger partial charge is 0.496 e. The van der Waals surface area contributed by atoms with E-state index in [4.69, 9.17) is 26.1 Å². The first-order chi connectivity index (χ1) is 12.1. The summed E-state index contributed by atoms with van der Waals surface area (Å²) in [4.78, 5) is 4.70. The predicted octanol–water partition coefficient (Wildman–Crippen LogP) is 4.23. The number of benzene rings is 1. The minimum absolute atomic E-state index is 0. The monoisotopic (exact) mass is 495 g/mol. The molecule has 26 heavy (non-hydrogen) atoms. The average molecular weight is 496 g/mol. The Hall–Kier alpha value is -0.730. The molecule has 0 saturated heterocycles. The second-order valence-electron chi connectivity index (χ2n) is 6.60. The molecule has 148 valence electrons. The van der Waals surface area contributed by atoms with Crippen molar-refractivity contribution in [1.82, 2.24) is 10.6 Å². The zero-order valence-corrected chi connectivity index (χ0v) is 19.0. The fraction of sp³-hybridized carbons (Fsp3) is 0.632. The lowest BCUT2D eigenvalue weighted by molar-refractivity contribution is 0.0732. The number of halogens is 2. The van der Waals surface area contributed by atoms with Crippen LogP contribution >= 0.6 is 35.6 Å². The summed E-state index contributed by atoms with van der Waals surface area (Å²) in [5.74, 6) is 1.60. The Bertz CT molecular complexity index is 580. The van der Waals surface area contributed by atoms with Gasteiger partial charge < -0.3 is 20.1 Å². The SMILES string of the molecule is CCNC(=NCc1ccc(Cl)cc1OC)NCC1(CCOC)CCC1.I. The number of aliphatic imine (C=N–C) groups is 1. The highest BCUT2D eigenvalue weighted by molar-refractivity contribution is 14.0. The molecule has 0 radical (unpaired) electrons. The third-order valence-corrected chi connectivity index (χ3v) is 5.12. The van der Waals surface area contributed by atoms with E-state index >= 15 is 0 Å². The van der Waals surface area contributed by atoms with Crippen LogP contribution in [0.25, 0.3) is 0 Å². The van der Waals surface area contributed by atoms with Gasteiger partial charge in [0.25, 0.3) is 0 Å². The van der Waals surface area contributed by atoms with Gasteiger partial charge in [0.2, 0.25) is 0 Å². The van der Waals surface area contributed by atoms with Gasteiger partial charge in [-0.25, -0.2) is 4.99 Å². The number of nitrogens with zero attached hydrogens (tertiary/aromatic N) is 1. The maximum absolute atomic E-state index is 6.02. The van der Waals surface area contributed by atoms with Gasteiger partial charge >= 0.3 is 0 Å². The van der Waals surface area contributed by atoms with Crippen molar-refractivity contribution >= 4 is 41.5 Å². The third-order valence-electron chi connectivity index (χ3n) is 4.88. The first-order valence-corrected chi connectivity index (χ1v) is 9.34. The number of hydrogen-bond donors (Lipinski definition) is 2. The molecule has 0 aromatic heterocycles. The highest BCUT2D eigenvalue weighted by Crippen LogP contribution is 2.43. The molecule has 0 aliphatic heterocycles. The number of rotatable bonds is 9. The van der Waals surface area contributed by atoms with Gasteiger partial charge in [-0.05, 0) is 43.7 Å². The maximum Gasteiger partial charge on any atom is 0.191 e. The fourth-order valence-electron chi connectivity index (χ4n) is 3.14. The van der Waals surface area contributed by atoms with Gasteiger partial charge in [0, 0.05) is 37.4 Å². The second-order valence-corrected chi connectivity index (χ2v) is 7.04. The van der Waals surface area contributed by atoms with Gasteiger partial charge in [0.05, 0.1) is 13.7 Å². The molecule has 1 aromatic carbocycles. The van der Waals surface area contributed by atoms with Gasteiger partial charge in [0.1, 0.15) is 5.75 Å². The minimum atomic E-state index is 0. The number of guanidine groups is 1. The third kappa shape index (κ3) is 6.78. The average Bonchev–Trinajstić information content (AvgIpc) is 2.58. The van der Waals surface area contributed by atoms with Crippen molar-refractivity contribution in [3.8, 4) is 5.75 Å². The van der Waals surface area contributed by atoms with Crippen LogP contribution in [0.15, 0.2) is 23.2 Å². The molecule has 2 rings (SSSR count). The Morgan fingerprint density at radius 1 is 1.27 bits per heavy atom. The van der Waals surface area contributed by atoms with Crippen molar-refractivity contribution in [3.05, 3.63) is 28.8 Å². The van der Waals surface area contributed by atoms with E-state index in [1.165, 1.54) is 19.3 Å². The van der Waals surface area contributed by atoms with E-state index in [-0.39, 0.29) is 24.0 Å². The van der Waals surface area contributed by atoms with E-state index in [0.717, 1.165) is 43.4 Å². The number of methoxy groups -OCH3 is 2. The zero-order chi connectivity index (χ0) is 18.1. The highest BCUT2D eigenvalue weighted by Gasteiger charge is 2.36. The molecule has 5 nitrogen and oxygen atoms in total. The number of ether oxygens (including phenoxy) is 2. The van der Waals surface area contributed by atoms with E-state index in [1.54, 1.807) is 14.2 Å². The van der Waals surface area contributed by atoms with Crippen molar-refractivity contribution in [2.75, 3.05) is 33.9 Å². The predicted molar refractivity (Wildman–Crippen MR) is 119 cm³/mol. The zero-order valence-electron chi connectivity index (χ0n) is 15.9. The topological polar surface area (TPSA) is 54.9 Å². The molecule has 7 heteroatoms. The van der Waals surface area contributed by atoms with Crippen molar-refractivity contribution < 1.29 is 9.47 Å². The van der Waals surface area contributed by atoms with Gasteiger partial charge in [-0.15, -0.1) is 24.0 Å². The maximum atomic E-state index is 6.02. The molecule has 1 aliphatic carbocycles. The molecule has 0 spiro atoms. The molecule has 1 aliphatic rings. The van der Waals surface area contributed by atoms with Crippen LogP contribution in [0.3, 0.4) is 0 Å². The molecule has 0 heterocycles. The summed E-state index contributed by atoms with van der Waals surface area (Å²) in [6, 6.07) is 5.64. The minimum Gasteiger partial charge on any atom is -0.496 e. The standard InChI is InChI=1S/C19H30ClN3O2.HI/c1-4-21-18(23-14-19(8-5-9-19)10-11-24-2)22-13-15-6-7-16(20)12-17(15)25-3;/h6-7,12H,4-5,8-11,13-14H2,1-3H3,(H2,21,22,23);1H. The summed E-state index contributed by atoms with van der Waals surface area (Å²) in [6.45, 7) is 5.19. The van der Waals surface area contributed by atoms with Crippen molar-refractivity contribution in [2.45, 2.75) is 39.2 Å². The summed E-state index contributed by atoms with van der Waals surface area (Å²) in [5, 5.41) is 7.49. The van der Waals surface area contributed by atoms with Crippen molar-refractivity contribution in [3.63, 3.8) is 0 Å². The summed E-state index contributed by atoms with van der Waals surface area (Å²) in [6.07, 6.45) is 4.92. The first-order valence-electron chi connectivity index (χ1n) is 8.96. The van der Waals surface area contributed by atoms with Crippen LogP contribution in [0, 0.1) is 5.41 Å². The quantitative estimate of drug-likeness (QED) is 0.306. The smallest absolute Gasteiger partial charge is 0.191 e. The molecule has 0 amide bonds. The molecule has 1 saturated carbocycles. The summed E-state index contributed by atoms with van der Waals surface area (Å²) < 4.78 is 10.7. The molecule has 2 N–H and O–H groups in total. The second kappa shape index (κ2) is 11.9. The van der Waals surface area contributed by atoms with Gasteiger partial charge in [0.15, 0.2) is 5.96 Å². The highest BCUT2D eigenvalue weighted by atomic mass is 127. The Kier molecular flexibility index (Phi) is 10.6. The van der Waals surface area contributed by atoms with Crippen molar-refractivity contribution in [2.24, 2.45) is 10.4 Å². The van der Waals surface area contributed by atoms with Gasteiger partial charge in [-0.1, -0.05) is 24.1 Å². The van der Waals surface area contributed by atoms with Crippen LogP contribution in [0.2, 0.25) is 5.02 Å². The number of hydrogen-bond acceptors (Lipinski definition) is 3. The first kappa shape index (κ1) is 23.3. The van der Waals surface area contributed by atoms with Crippen molar-refractivity contribution in [1.29, 1.82) is 0 Å². The van der Waals surface area contributed by atoms with Crippen LogP contribution in [0.4, 0.5) is 0 Å². The fourth-order valence-corrected chi connectivity index (χ4v) is 3.30. The van der Waals surface area contributed by atoms with Crippen LogP contribution < -0.4 is 15.4 Å². The normalized spacial score (nSPS) is 15.6. The molecule has 0 unspecified atom stereocenters. The molecular formula is C19H31ClIN3O2. The Balaban J connectivity index is 0.00000338. The summed E-state index contributed by atoms with van der Waals surface area (Å²) in [7, 11) is 3.42. The lowest BCUT2D eigenvalue weighted by Gasteiger charge is -2.42. The Labute approximate surface area is 179 Å². The Morgan fingerprint density at radius 3 is 2.62 bits per heavy atom. The lowest BCUT2D eigenvalue weighted by atomic mass is 9.67. The van der Waals surface area contributed by atoms with E-state index < -0.39 is 0 Å². The number of nitrogens with one attached hydrogen (secondary N) is 2. The van der Waals surface area contributed by atoms with E-state index in [9.17, 15) is 0 Å². The Morgan fingerprint density at radius 2 is 2.04 bits per heavy atom. The van der Waals surface area contributed by atoms with E-state index in [1.807, 2.05) is 18.2 Å². The molecular weight excluding hydrogens is 465 g/mol. The lowest BCUT2D eigenvalue weighted by Crippen LogP contribution is -2.46. The molecule has 1 fully saturated rings. The van der Waals surface area contributed by atoms with E-state index in [0.29, 0.717) is 17.0 Å². The molecule has 0 bridgehead atoms. The van der Waals surface area contributed by atoms with Crippen LogP contribution in [0.5, 0.6) is 5.75 Å².